The maximum Gasteiger partial charge on any atom is 0.308 e. The summed E-state index contributed by atoms with van der Waals surface area (Å²) in [5.41, 5.74) is 0. The Hall–Kier alpha value is -0.380. The van der Waals surface area contributed by atoms with Gasteiger partial charge in [-0.3, -0.25) is 13.2 Å². The first-order chi connectivity index (χ1) is 26.3. The monoisotopic (exact) mass is 790 g/mol. The van der Waals surface area contributed by atoms with Crippen molar-refractivity contribution in [3.63, 3.8) is 0 Å². The van der Waals surface area contributed by atoms with Crippen LogP contribution >= 0.6 is 10.6 Å². The van der Waals surface area contributed by atoms with Crippen molar-refractivity contribution in [3.8, 4) is 0 Å². The molecule has 0 aliphatic heterocycles. The van der Waals surface area contributed by atoms with Crippen LogP contribution in [-0.4, -0.2) is 80.8 Å². The molecular weight excluding hydrogens is 695 g/mol. The highest BCUT2D eigenvalue weighted by atomic mass is 32.3. The van der Waals surface area contributed by atoms with E-state index in [9.17, 15) is 9.90 Å². The van der Waals surface area contributed by atoms with Gasteiger partial charge in [-0.15, -0.1) is 0 Å². The SMILES string of the molecule is CCCCCCCCCC(OCC)OS(C)(C)OCCCCCCN(CCCCO)CCCCCCOC(=O)C(CCCCCC)CCCCCCCC. The van der Waals surface area contributed by atoms with Crippen molar-refractivity contribution in [2.75, 3.05) is 58.6 Å². The standard InChI is InChI=1S/C46H95NO6S/c1-7-11-14-17-19-21-28-37-45(50-10-4)53-54(5,6)52-43-34-25-23-30-39-47(40-31-32-41-48)38-29-22-24-33-42-51-46(49)44(35-26-16-13-9-3)36-27-20-18-15-12-8-2/h44-45,48H,7-43H2,1-6H3. The van der Waals surface area contributed by atoms with Gasteiger partial charge >= 0.3 is 5.97 Å². The number of hydrogen-bond acceptors (Lipinski definition) is 7. The number of nitrogens with zero attached hydrogens (tertiary/aromatic N) is 1. The Balaban J connectivity index is 4.30. The molecule has 0 aromatic heterocycles. The summed E-state index contributed by atoms with van der Waals surface area (Å²) in [4.78, 5) is 15.6. The zero-order valence-corrected chi connectivity index (χ0v) is 38.0. The van der Waals surface area contributed by atoms with Gasteiger partial charge in [0.25, 0.3) is 0 Å². The average Bonchev–Trinajstić information content (AvgIpc) is 3.15. The molecule has 0 saturated carbocycles. The topological polar surface area (TPSA) is 77.5 Å². The molecule has 0 amide bonds. The highest BCUT2D eigenvalue weighted by molar-refractivity contribution is 8.24. The number of hydrogen-bond donors (Lipinski definition) is 1. The third-order valence-corrected chi connectivity index (χ3v) is 12.0. The molecule has 326 valence electrons. The van der Waals surface area contributed by atoms with Gasteiger partial charge in [0.05, 0.1) is 19.1 Å². The van der Waals surface area contributed by atoms with E-state index in [0.29, 0.717) is 13.2 Å². The number of rotatable bonds is 44. The number of esters is 1. The lowest BCUT2D eigenvalue weighted by atomic mass is 9.94. The second kappa shape index (κ2) is 40.8. The van der Waals surface area contributed by atoms with Crippen molar-refractivity contribution in [1.29, 1.82) is 0 Å². The van der Waals surface area contributed by atoms with E-state index >= 15 is 0 Å². The number of carbonyl (C=O) groups excluding carboxylic acids is 1. The third-order valence-electron chi connectivity index (χ3n) is 10.6. The van der Waals surface area contributed by atoms with Crippen molar-refractivity contribution in [2.45, 2.75) is 227 Å². The van der Waals surface area contributed by atoms with Crippen LogP contribution in [0.1, 0.15) is 220 Å². The maximum absolute atomic E-state index is 13.0. The maximum atomic E-state index is 13.0. The Kier molecular flexibility index (Phi) is 40.5. The first-order valence-corrected chi connectivity index (χ1v) is 25.8. The van der Waals surface area contributed by atoms with Crippen molar-refractivity contribution >= 4 is 16.6 Å². The van der Waals surface area contributed by atoms with E-state index < -0.39 is 10.6 Å². The van der Waals surface area contributed by atoms with E-state index in [0.717, 1.165) is 96.9 Å². The van der Waals surface area contributed by atoms with Crippen LogP contribution in [0.5, 0.6) is 0 Å². The van der Waals surface area contributed by atoms with Gasteiger partial charge in [0.1, 0.15) is 0 Å². The smallest absolute Gasteiger partial charge is 0.308 e. The Labute approximate surface area is 339 Å². The summed E-state index contributed by atoms with van der Waals surface area (Å²) in [5.74, 6) is 0.155. The van der Waals surface area contributed by atoms with Crippen LogP contribution in [-0.2, 0) is 22.6 Å². The Morgan fingerprint density at radius 3 is 1.48 bits per heavy atom. The lowest BCUT2D eigenvalue weighted by Gasteiger charge is -2.38. The lowest BCUT2D eigenvalue weighted by Crippen LogP contribution is -2.27. The highest BCUT2D eigenvalue weighted by Gasteiger charge is 2.20. The number of carbonyl (C=O) groups is 1. The largest absolute Gasteiger partial charge is 0.465 e. The summed E-state index contributed by atoms with van der Waals surface area (Å²) in [5, 5.41) is 9.33. The first kappa shape index (κ1) is 53.6. The number of aliphatic hydroxyl groups excluding tert-OH is 1. The summed E-state index contributed by atoms with van der Waals surface area (Å²) in [7, 11) is -1.59. The summed E-state index contributed by atoms with van der Waals surface area (Å²) in [6.07, 6.45) is 39.6. The Morgan fingerprint density at radius 1 is 0.537 bits per heavy atom. The van der Waals surface area contributed by atoms with Crippen LogP contribution in [0, 0.1) is 5.92 Å². The predicted molar refractivity (Wildman–Crippen MR) is 235 cm³/mol. The molecule has 0 rings (SSSR count). The number of aliphatic hydroxyl groups is 1. The van der Waals surface area contributed by atoms with Crippen LogP contribution in [0.25, 0.3) is 0 Å². The number of ether oxygens (including phenoxy) is 2. The first-order valence-electron chi connectivity index (χ1n) is 23.5. The van der Waals surface area contributed by atoms with E-state index in [2.05, 4.69) is 38.2 Å². The normalized spacial score (nSPS) is 13.5. The highest BCUT2D eigenvalue weighted by Crippen LogP contribution is 2.44. The van der Waals surface area contributed by atoms with Gasteiger partial charge in [-0.2, -0.15) is 10.6 Å². The second-order valence-electron chi connectivity index (χ2n) is 16.2. The molecule has 2 atom stereocenters. The summed E-state index contributed by atoms with van der Waals surface area (Å²) >= 11 is 0. The molecule has 0 aromatic rings. The Morgan fingerprint density at radius 2 is 0.963 bits per heavy atom. The van der Waals surface area contributed by atoms with E-state index in [4.69, 9.17) is 17.8 Å². The lowest BCUT2D eigenvalue weighted by molar-refractivity contribution is -0.149. The van der Waals surface area contributed by atoms with Crippen LogP contribution in [0.15, 0.2) is 0 Å². The molecule has 0 spiro atoms. The van der Waals surface area contributed by atoms with Gasteiger partial charge in [-0.05, 0) is 84.3 Å². The van der Waals surface area contributed by atoms with E-state index in [1.54, 1.807) is 0 Å². The summed E-state index contributed by atoms with van der Waals surface area (Å²) < 4.78 is 24.4. The Bertz CT molecular complexity index is 771. The van der Waals surface area contributed by atoms with Gasteiger partial charge in [-0.25, -0.2) is 0 Å². The summed E-state index contributed by atoms with van der Waals surface area (Å²) in [6, 6.07) is 0. The fourth-order valence-corrected chi connectivity index (χ4v) is 8.43. The molecule has 0 heterocycles. The van der Waals surface area contributed by atoms with Gasteiger partial charge < -0.3 is 19.5 Å². The number of unbranched alkanes of at least 4 members (excludes halogenated alkanes) is 21. The fourth-order valence-electron chi connectivity index (χ4n) is 7.18. The van der Waals surface area contributed by atoms with Gasteiger partial charge in [0, 0.05) is 32.1 Å². The van der Waals surface area contributed by atoms with E-state index in [1.165, 1.54) is 122 Å². The zero-order valence-electron chi connectivity index (χ0n) is 37.2. The fraction of sp³-hybridized carbons (Fsp3) is 0.978. The van der Waals surface area contributed by atoms with Crippen LogP contribution in [0.2, 0.25) is 0 Å². The van der Waals surface area contributed by atoms with Crippen molar-refractivity contribution in [2.24, 2.45) is 5.92 Å². The molecule has 0 fully saturated rings. The summed E-state index contributed by atoms with van der Waals surface area (Å²) in [6.45, 7) is 14.4. The van der Waals surface area contributed by atoms with Gasteiger partial charge in [-0.1, -0.05) is 149 Å². The average molecular weight is 790 g/mol. The minimum Gasteiger partial charge on any atom is -0.465 e. The second-order valence-corrected chi connectivity index (χ2v) is 18.9. The molecule has 0 aliphatic rings. The molecule has 0 saturated heterocycles. The molecule has 0 bridgehead atoms. The molecule has 7 nitrogen and oxygen atoms in total. The van der Waals surface area contributed by atoms with Crippen LogP contribution in [0.4, 0.5) is 0 Å². The molecular formula is C46H95NO6S. The van der Waals surface area contributed by atoms with Crippen LogP contribution < -0.4 is 0 Å². The minimum atomic E-state index is -1.59. The molecule has 2 unspecified atom stereocenters. The minimum absolute atomic E-state index is 0.0595. The molecule has 1 N–H and O–H groups in total. The molecule has 0 aliphatic carbocycles. The molecule has 54 heavy (non-hydrogen) atoms. The van der Waals surface area contributed by atoms with Gasteiger partial charge in [0.2, 0.25) is 0 Å². The quantitative estimate of drug-likeness (QED) is 0.0374. The molecule has 0 radical (unpaired) electrons. The zero-order chi connectivity index (χ0) is 39.8. The third kappa shape index (κ3) is 36.0. The van der Waals surface area contributed by atoms with Crippen molar-refractivity contribution in [1.82, 2.24) is 4.90 Å². The predicted octanol–water partition coefficient (Wildman–Crippen LogP) is 13.5. The van der Waals surface area contributed by atoms with Crippen LogP contribution in [0.3, 0.4) is 0 Å². The van der Waals surface area contributed by atoms with Crippen molar-refractivity contribution < 1.29 is 27.7 Å². The van der Waals surface area contributed by atoms with E-state index in [-0.39, 0.29) is 24.8 Å². The van der Waals surface area contributed by atoms with Crippen molar-refractivity contribution in [3.05, 3.63) is 0 Å². The molecule has 0 aromatic carbocycles. The molecule has 8 heteroatoms. The van der Waals surface area contributed by atoms with Gasteiger partial charge in [0.15, 0.2) is 6.29 Å². The van der Waals surface area contributed by atoms with E-state index in [1.807, 2.05) is 6.92 Å².